The molecule has 0 spiro atoms. The Kier molecular flexibility index (Phi) is 5.16. The number of hydrogen-bond acceptors (Lipinski definition) is 4. The summed E-state index contributed by atoms with van der Waals surface area (Å²) in [5.74, 6) is 1.18. The van der Waals surface area contributed by atoms with E-state index in [1.165, 1.54) is 0 Å². The van der Waals surface area contributed by atoms with Crippen molar-refractivity contribution >= 4 is 28.5 Å². The molecule has 0 fully saturated rings. The Morgan fingerprint density at radius 2 is 2.07 bits per heavy atom. The number of halogens is 1. The van der Waals surface area contributed by atoms with Crippen LogP contribution in [0.15, 0.2) is 42.7 Å². The van der Waals surface area contributed by atoms with Crippen molar-refractivity contribution in [2.24, 2.45) is 0 Å². The number of hydrogen-bond donors (Lipinski definition) is 1. The summed E-state index contributed by atoms with van der Waals surface area (Å²) in [5.41, 5.74) is 2.84. The molecule has 6 nitrogen and oxygen atoms in total. The average molecular weight is 386 g/mol. The number of aryl methyl sites for hydroxylation is 1. The lowest BCUT2D eigenvalue weighted by atomic mass is 10.2. The number of carbonyl (C=O) groups is 1. The molecule has 4 rings (SSSR count). The molecule has 140 valence electrons. The molecular weight excluding hydrogens is 366 g/mol. The number of fused-ring (bicyclic) bond motifs is 2. The summed E-state index contributed by atoms with van der Waals surface area (Å²) < 4.78 is 13.3. The van der Waals surface area contributed by atoms with Crippen molar-refractivity contribution in [2.45, 2.75) is 25.9 Å². The molecule has 0 radical (unpaired) electrons. The Morgan fingerprint density at radius 3 is 3.00 bits per heavy atom. The quantitative estimate of drug-likeness (QED) is 0.729. The van der Waals surface area contributed by atoms with Crippen LogP contribution in [0.25, 0.3) is 11.0 Å². The van der Waals surface area contributed by atoms with Gasteiger partial charge in [0.2, 0.25) is 5.91 Å². The third-order valence-electron chi connectivity index (χ3n) is 4.46. The summed E-state index contributed by atoms with van der Waals surface area (Å²) in [6.07, 6.45) is 2.96. The van der Waals surface area contributed by atoms with Crippen LogP contribution in [0, 0.1) is 0 Å². The summed E-state index contributed by atoms with van der Waals surface area (Å²) in [6.45, 7) is 2.15. The van der Waals surface area contributed by atoms with Crippen LogP contribution in [0.5, 0.6) is 11.5 Å². The molecule has 0 aliphatic carbocycles. The van der Waals surface area contributed by atoms with E-state index < -0.39 is 0 Å². The van der Waals surface area contributed by atoms with Crippen molar-refractivity contribution < 1.29 is 14.3 Å². The first kappa shape index (κ1) is 17.7. The Balaban J connectivity index is 1.35. The molecule has 7 heteroatoms. The van der Waals surface area contributed by atoms with Crippen molar-refractivity contribution in [1.82, 2.24) is 14.9 Å². The second-order valence-electron chi connectivity index (χ2n) is 6.41. The first-order valence-corrected chi connectivity index (χ1v) is 9.33. The fourth-order valence-corrected chi connectivity index (χ4v) is 3.37. The van der Waals surface area contributed by atoms with Gasteiger partial charge >= 0.3 is 0 Å². The smallest absolute Gasteiger partial charge is 0.222 e. The number of carbonyl (C=O) groups excluding carboxylic acids is 1. The van der Waals surface area contributed by atoms with Gasteiger partial charge in [-0.3, -0.25) is 4.79 Å². The molecule has 0 unspecified atom stereocenters. The van der Waals surface area contributed by atoms with Crippen LogP contribution in [0.2, 0.25) is 5.02 Å². The van der Waals surface area contributed by atoms with Crippen molar-refractivity contribution in [3.8, 4) is 11.5 Å². The second-order valence-corrected chi connectivity index (χ2v) is 6.82. The zero-order chi connectivity index (χ0) is 18.6. The molecule has 2 heterocycles. The van der Waals surface area contributed by atoms with Gasteiger partial charge in [-0.25, -0.2) is 4.98 Å². The second kappa shape index (κ2) is 7.88. The average Bonchev–Trinajstić information content (AvgIpc) is 2.93. The molecule has 1 amide bonds. The van der Waals surface area contributed by atoms with E-state index >= 15 is 0 Å². The van der Waals surface area contributed by atoms with Gasteiger partial charge < -0.3 is 19.4 Å². The van der Waals surface area contributed by atoms with Crippen LogP contribution >= 0.6 is 11.6 Å². The highest BCUT2D eigenvalue weighted by Crippen LogP contribution is 2.37. The van der Waals surface area contributed by atoms with Crippen LogP contribution in [-0.4, -0.2) is 28.7 Å². The van der Waals surface area contributed by atoms with Crippen molar-refractivity contribution in [3.63, 3.8) is 0 Å². The van der Waals surface area contributed by atoms with Gasteiger partial charge in [-0.15, -0.1) is 0 Å². The van der Waals surface area contributed by atoms with E-state index in [1.807, 2.05) is 34.9 Å². The van der Waals surface area contributed by atoms with Gasteiger partial charge in [-0.1, -0.05) is 23.7 Å². The first-order chi connectivity index (χ1) is 13.2. The SMILES string of the molecule is O=C(CCn1cnc2ccccc21)NCc1cc(Cl)c2c(c1)OCCCO2. The predicted molar refractivity (Wildman–Crippen MR) is 103 cm³/mol. The molecule has 0 saturated heterocycles. The molecule has 1 aliphatic rings. The third kappa shape index (κ3) is 4.01. The molecule has 1 N–H and O–H groups in total. The zero-order valence-electron chi connectivity index (χ0n) is 14.8. The molecular formula is C20H20ClN3O3. The van der Waals surface area contributed by atoms with Gasteiger partial charge in [0.25, 0.3) is 0 Å². The number of nitrogens with zero attached hydrogens (tertiary/aromatic N) is 2. The number of nitrogens with one attached hydrogen (secondary N) is 1. The molecule has 27 heavy (non-hydrogen) atoms. The number of amides is 1. The van der Waals surface area contributed by atoms with E-state index in [0.717, 1.165) is 23.0 Å². The summed E-state index contributed by atoms with van der Waals surface area (Å²) in [7, 11) is 0. The summed E-state index contributed by atoms with van der Waals surface area (Å²) >= 11 is 6.29. The molecule has 1 aromatic heterocycles. The van der Waals surface area contributed by atoms with Crippen LogP contribution in [0.3, 0.4) is 0 Å². The molecule has 0 bridgehead atoms. The maximum absolute atomic E-state index is 12.2. The highest BCUT2D eigenvalue weighted by Gasteiger charge is 2.16. The Morgan fingerprint density at radius 1 is 1.22 bits per heavy atom. The number of ether oxygens (including phenoxy) is 2. The Hall–Kier alpha value is -2.73. The summed E-state index contributed by atoms with van der Waals surface area (Å²) in [4.78, 5) is 16.6. The number of benzene rings is 2. The lowest BCUT2D eigenvalue weighted by Crippen LogP contribution is -2.23. The van der Waals surface area contributed by atoms with Crippen molar-refractivity contribution in [3.05, 3.63) is 53.3 Å². The number of para-hydroxylation sites is 2. The minimum absolute atomic E-state index is 0.0315. The lowest BCUT2D eigenvalue weighted by Gasteiger charge is -2.12. The number of aromatic nitrogens is 2. The Bertz CT molecular complexity index is 970. The van der Waals surface area contributed by atoms with Gasteiger partial charge in [0.15, 0.2) is 11.5 Å². The monoisotopic (exact) mass is 385 g/mol. The van der Waals surface area contributed by atoms with Gasteiger partial charge in [0, 0.05) is 25.9 Å². The normalized spacial score (nSPS) is 13.4. The number of imidazole rings is 1. The molecule has 2 aromatic carbocycles. The topological polar surface area (TPSA) is 65.4 Å². The minimum Gasteiger partial charge on any atom is -0.489 e. The van der Waals surface area contributed by atoms with E-state index in [0.29, 0.717) is 49.2 Å². The molecule has 1 aliphatic heterocycles. The van der Waals surface area contributed by atoms with Crippen LogP contribution < -0.4 is 14.8 Å². The summed E-state index contributed by atoms with van der Waals surface area (Å²) in [6, 6.07) is 11.6. The highest BCUT2D eigenvalue weighted by molar-refractivity contribution is 6.32. The van der Waals surface area contributed by atoms with E-state index in [9.17, 15) is 4.79 Å². The highest BCUT2D eigenvalue weighted by atomic mass is 35.5. The third-order valence-corrected chi connectivity index (χ3v) is 4.74. The van der Waals surface area contributed by atoms with E-state index in [1.54, 1.807) is 12.4 Å². The van der Waals surface area contributed by atoms with Crippen LogP contribution in [-0.2, 0) is 17.9 Å². The van der Waals surface area contributed by atoms with Crippen molar-refractivity contribution in [2.75, 3.05) is 13.2 Å². The Labute approximate surface area is 162 Å². The lowest BCUT2D eigenvalue weighted by molar-refractivity contribution is -0.121. The number of rotatable bonds is 5. The van der Waals surface area contributed by atoms with Crippen molar-refractivity contribution in [1.29, 1.82) is 0 Å². The molecule has 0 saturated carbocycles. The summed E-state index contributed by atoms with van der Waals surface area (Å²) in [5, 5.41) is 3.43. The van der Waals surface area contributed by atoms with Gasteiger partial charge in [-0.05, 0) is 29.8 Å². The predicted octanol–water partition coefficient (Wildman–Crippen LogP) is 3.56. The van der Waals surface area contributed by atoms with E-state index in [4.69, 9.17) is 21.1 Å². The fourth-order valence-electron chi connectivity index (χ4n) is 3.09. The standard InChI is InChI=1S/C20H20ClN3O3/c21-15-10-14(11-18-20(15)27-9-3-8-26-18)12-22-19(25)6-7-24-13-23-16-4-1-2-5-17(16)24/h1-2,4-5,10-11,13H,3,6-9,12H2,(H,22,25). The maximum Gasteiger partial charge on any atom is 0.222 e. The van der Waals surface area contributed by atoms with Crippen LogP contribution in [0.1, 0.15) is 18.4 Å². The van der Waals surface area contributed by atoms with Crippen LogP contribution in [0.4, 0.5) is 0 Å². The van der Waals surface area contributed by atoms with E-state index in [-0.39, 0.29) is 5.91 Å². The fraction of sp³-hybridized carbons (Fsp3) is 0.300. The molecule has 3 aromatic rings. The largest absolute Gasteiger partial charge is 0.489 e. The zero-order valence-corrected chi connectivity index (χ0v) is 15.5. The molecule has 0 atom stereocenters. The van der Waals surface area contributed by atoms with Gasteiger partial charge in [0.1, 0.15) is 0 Å². The first-order valence-electron chi connectivity index (χ1n) is 8.95. The minimum atomic E-state index is -0.0315. The van der Waals surface area contributed by atoms with Gasteiger partial charge in [-0.2, -0.15) is 0 Å². The van der Waals surface area contributed by atoms with E-state index in [2.05, 4.69) is 10.3 Å². The van der Waals surface area contributed by atoms with Gasteiger partial charge in [0.05, 0.1) is 35.6 Å². The maximum atomic E-state index is 12.2.